The van der Waals surface area contributed by atoms with Gasteiger partial charge in [-0.05, 0) is 24.1 Å². The van der Waals surface area contributed by atoms with Gasteiger partial charge in [-0.3, -0.25) is 0 Å². The predicted molar refractivity (Wildman–Crippen MR) is 67.5 cm³/mol. The van der Waals surface area contributed by atoms with Crippen LogP contribution in [0.3, 0.4) is 0 Å². The summed E-state index contributed by atoms with van der Waals surface area (Å²) in [6.45, 7) is 6.11. The van der Waals surface area contributed by atoms with E-state index in [9.17, 15) is 0 Å². The van der Waals surface area contributed by atoms with Crippen LogP contribution < -0.4 is 0 Å². The summed E-state index contributed by atoms with van der Waals surface area (Å²) in [7, 11) is 0. The Morgan fingerprint density at radius 2 is 2.40 bits per heavy atom. The largest absolute Gasteiger partial charge is 0.236 e. The molecule has 2 heteroatoms. The first-order valence-electron chi connectivity index (χ1n) is 4.56. The molecule has 73 valence electrons. The van der Waals surface area contributed by atoms with Gasteiger partial charge in [-0.2, -0.15) is 0 Å². The van der Waals surface area contributed by atoms with Gasteiger partial charge in [0.2, 0.25) is 0 Å². The van der Waals surface area contributed by atoms with Gasteiger partial charge in [0.15, 0.2) is 0 Å². The molecule has 0 fully saturated rings. The first kappa shape index (κ1) is 9.95. The maximum Gasteiger partial charge on any atom is 0.124 e. The van der Waals surface area contributed by atoms with Crippen LogP contribution in [0.15, 0.2) is 29.3 Å². The SMILES string of the molecule is C#C/C=N\c1sc(C)cc1C(=C)C1=C[CH]1. The van der Waals surface area contributed by atoms with E-state index in [-0.39, 0.29) is 0 Å². The Labute approximate surface area is 93.9 Å². The summed E-state index contributed by atoms with van der Waals surface area (Å²) in [6, 6.07) is 2.10. The highest BCUT2D eigenvalue weighted by Crippen LogP contribution is 2.41. The minimum atomic E-state index is 0.941. The van der Waals surface area contributed by atoms with Crippen molar-refractivity contribution in [1.82, 2.24) is 0 Å². The summed E-state index contributed by atoms with van der Waals surface area (Å²) < 4.78 is 0. The van der Waals surface area contributed by atoms with Gasteiger partial charge in [0.1, 0.15) is 5.00 Å². The van der Waals surface area contributed by atoms with Gasteiger partial charge in [0.05, 0.1) is 6.21 Å². The van der Waals surface area contributed by atoms with E-state index in [1.165, 1.54) is 16.7 Å². The quantitative estimate of drug-likeness (QED) is 0.536. The average molecular weight is 212 g/mol. The number of aliphatic imine (C=N–C) groups is 1. The van der Waals surface area contributed by atoms with Gasteiger partial charge in [0, 0.05) is 16.9 Å². The van der Waals surface area contributed by atoms with Crippen LogP contribution >= 0.6 is 11.3 Å². The molecule has 1 aromatic rings. The second kappa shape index (κ2) is 3.88. The number of aryl methyl sites for hydroxylation is 1. The van der Waals surface area contributed by atoms with Crippen molar-refractivity contribution in [3.8, 4) is 12.3 Å². The van der Waals surface area contributed by atoms with E-state index >= 15 is 0 Å². The van der Waals surface area contributed by atoms with Crippen LogP contribution in [0.25, 0.3) is 5.57 Å². The molecule has 0 saturated heterocycles. The number of terminal acetylenes is 1. The molecule has 1 aliphatic carbocycles. The van der Waals surface area contributed by atoms with Crippen molar-refractivity contribution >= 4 is 28.1 Å². The molecule has 0 aliphatic heterocycles. The number of thiophene rings is 1. The van der Waals surface area contributed by atoms with Gasteiger partial charge >= 0.3 is 0 Å². The van der Waals surface area contributed by atoms with E-state index in [2.05, 4.69) is 30.5 Å². The van der Waals surface area contributed by atoms with Crippen molar-refractivity contribution in [2.45, 2.75) is 6.92 Å². The molecule has 0 amide bonds. The Balaban J connectivity index is 2.37. The molecule has 1 radical (unpaired) electrons. The molecule has 0 unspecified atom stereocenters. The fraction of sp³-hybridized carbons (Fsp3) is 0.0769. The number of rotatable bonds is 3. The van der Waals surface area contributed by atoms with Crippen molar-refractivity contribution in [3.05, 3.63) is 41.2 Å². The molecule has 1 aliphatic rings. The third-order valence-corrected chi connectivity index (χ3v) is 3.06. The molecule has 15 heavy (non-hydrogen) atoms. The Hall–Kier alpha value is -1.59. The zero-order valence-electron chi connectivity index (χ0n) is 8.45. The molecule has 0 aromatic carbocycles. The third-order valence-electron chi connectivity index (χ3n) is 2.10. The van der Waals surface area contributed by atoms with Crippen LogP contribution in [0.5, 0.6) is 0 Å². The van der Waals surface area contributed by atoms with Crippen molar-refractivity contribution in [3.63, 3.8) is 0 Å². The summed E-state index contributed by atoms with van der Waals surface area (Å²) >= 11 is 1.63. The first-order valence-corrected chi connectivity index (χ1v) is 5.38. The van der Waals surface area contributed by atoms with Crippen LogP contribution in [-0.2, 0) is 0 Å². The van der Waals surface area contributed by atoms with Crippen LogP contribution in [0, 0.1) is 25.7 Å². The smallest absolute Gasteiger partial charge is 0.124 e. The number of allylic oxidation sites excluding steroid dienone is 3. The molecule has 0 spiro atoms. The Kier molecular flexibility index (Phi) is 2.57. The molecule has 0 N–H and O–H groups in total. The average Bonchev–Trinajstić information content (AvgIpc) is 2.99. The lowest BCUT2D eigenvalue weighted by Gasteiger charge is -1.98. The van der Waals surface area contributed by atoms with E-state index in [0.29, 0.717) is 0 Å². The van der Waals surface area contributed by atoms with Gasteiger partial charge in [-0.1, -0.05) is 18.6 Å². The second-order valence-corrected chi connectivity index (χ2v) is 4.50. The normalized spacial score (nSPS) is 13.7. The molecule has 0 saturated carbocycles. The minimum absolute atomic E-state index is 0.941. The van der Waals surface area contributed by atoms with Crippen LogP contribution in [0.4, 0.5) is 5.00 Å². The summed E-state index contributed by atoms with van der Waals surface area (Å²) in [5, 5.41) is 0.941. The molecule has 1 aromatic heterocycles. The topological polar surface area (TPSA) is 12.4 Å². The summed E-state index contributed by atoms with van der Waals surface area (Å²) in [5.41, 5.74) is 3.32. The van der Waals surface area contributed by atoms with Gasteiger partial charge in [0.25, 0.3) is 0 Å². The summed E-state index contributed by atoms with van der Waals surface area (Å²) in [6.07, 6.45) is 10.7. The lowest BCUT2D eigenvalue weighted by molar-refractivity contribution is 1.58. The zero-order valence-corrected chi connectivity index (χ0v) is 9.27. The van der Waals surface area contributed by atoms with Gasteiger partial charge in [-0.25, -0.2) is 4.99 Å². The first-order chi connectivity index (χ1) is 7.22. The highest BCUT2D eigenvalue weighted by atomic mass is 32.1. The van der Waals surface area contributed by atoms with Crippen molar-refractivity contribution < 1.29 is 0 Å². The highest BCUT2D eigenvalue weighted by molar-refractivity contribution is 7.16. The minimum Gasteiger partial charge on any atom is -0.236 e. The Bertz CT molecular complexity index is 509. The van der Waals surface area contributed by atoms with E-state index < -0.39 is 0 Å². The molecule has 1 heterocycles. The maximum atomic E-state index is 5.15. The van der Waals surface area contributed by atoms with Crippen molar-refractivity contribution in [2.75, 3.05) is 0 Å². The van der Waals surface area contributed by atoms with E-state index in [1.807, 2.05) is 12.5 Å². The zero-order chi connectivity index (χ0) is 10.8. The number of hydrogen-bond acceptors (Lipinski definition) is 2. The fourth-order valence-corrected chi connectivity index (χ4v) is 2.19. The molecule has 0 atom stereocenters. The third kappa shape index (κ3) is 2.08. The van der Waals surface area contributed by atoms with Crippen LogP contribution in [0.1, 0.15) is 10.4 Å². The lowest BCUT2D eigenvalue weighted by atomic mass is 10.1. The monoisotopic (exact) mass is 212 g/mol. The van der Waals surface area contributed by atoms with E-state index in [0.717, 1.165) is 16.1 Å². The van der Waals surface area contributed by atoms with Gasteiger partial charge < -0.3 is 0 Å². The van der Waals surface area contributed by atoms with Crippen molar-refractivity contribution in [1.29, 1.82) is 0 Å². The second-order valence-electron chi connectivity index (χ2n) is 3.27. The standard InChI is InChI=1S/C13H10NS/c1-4-7-14-13-12(8-9(2)15-13)10(3)11-5-6-11/h1,5-8H,3H2,2H3/b14-7-. The van der Waals surface area contributed by atoms with Crippen molar-refractivity contribution in [2.24, 2.45) is 4.99 Å². The van der Waals surface area contributed by atoms with Crippen LogP contribution in [-0.4, -0.2) is 6.21 Å². The Morgan fingerprint density at radius 1 is 1.67 bits per heavy atom. The van der Waals surface area contributed by atoms with E-state index in [4.69, 9.17) is 6.42 Å². The number of nitrogens with zero attached hydrogens (tertiary/aromatic N) is 1. The molecular weight excluding hydrogens is 202 g/mol. The molecule has 2 rings (SSSR count). The van der Waals surface area contributed by atoms with Crippen LogP contribution in [0.2, 0.25) is 0 Å². The maximum absolute atomic E-state index is 5.15. The fourth-order valence-electron chi connectivity index (χ4n) is 1.31. The summed E-state index contributed by atoms with van der Waals surface area (Å²) in [4.78, 5) is 5.45. The predicted octanol–water partition coefficient (Wildman–Crippen LogP) is 3.55. The highest BCUT2D eigenvalue weighted by Gasteiger charge is 2.17. The molecule has 0 bridgehead atoms. The molecule has 1 nitrogen and oxygen atoms in total. The van der Waals surface area contributed by atoms with E-state index in [1.54, 1.807) is 11.3 Å². The lowest BCUT2D eigenvalue weighted by Crippen LogP contribution is -1.76. The summed E-state index contributed by atoms with van der Waals surface area (Å²) in [5.74, 6) is 2.40. The Morgan fingerprint density at radius 3 is 3.00 bits per heavy atom. The molecular formula is C13H10NS. The van der Waals surface area contributed by atoms with Gasteiger partial charge in [-0.15, -0.1) is 17.8 Å². The number of hydrogen-bond donors (Lipinski definition) is 0.